The van der Waals surface area contributed by atoms with Crippen molar-refractivity contribution >= 4 is 5.91 Å². The van der Waals surface area contributed by atoms with Gasteiger partial charge in [-0.1, -0.05) is 38.1 Å². The molecule has 1 heterocycles. The minimum absolute atomic E-state index is 0.0502. The maximum atomic E-state index is 12.4. The zero-order valence-electron chi connectivity index (χ0n) is 12.8. The molecule has 3 rings (SSSR count). The Bertz CT molecular complexity index is 521. The Balaban J connectivity index is 1.76. The van der Waals surface area contributed by atoms with Crippen molar-refractivity contribution in [2.24, 2.45) is 0 Å². The first-order valence-electron chi connectivity index (χ1n) is 7.79. The van der Waals surface area contributed by atoms with Crippen molar-refractivity contribution in [1.82, 2.24) is 10.6 Å². The maximum Gasteiger partial charge on any atom is 0.240 e. The van der Waals surface area contributed by atoms with Crippen molar-refractivity contribution in [3.8, 4) is 0 Å². The van der Waals surface area contributed by atoms with Crippen LogP contribution in [0.5, 0.6) is 0 Å². The third-order valence-electron chi connectivity index (χ3n) is 4.68. The van der Waals surface area contributed by atoms with Crippen molar-refractivity contribution in [2.75, 3.05) is 19.8 Å². The lowest BCUT2D eigenvalue weighted by Gasteiger charge is -2.38. The maximum absolute atomic E-state index is 12.4. The third kappa shape index (κ3) is 2.97. The second-order valence-electron chi connectivity index (χ2n) is 6.65. The molecular weight excluding hydrogens is 264 g/mol. The van der Waals surface area contributed by atoms with Crippen LogP contribution in [0.2, 0.25) is 0 Å². The van der Waals surface area contributed by atoms with Crippen LogP contribution < -0.4 is 10.6 Å². The lowest BCUT2D eigenvalue weighted by atomic mass is 9.71. The van der Waals surface area contributed by atoms with E-state index < -0.39 is 0 Å². The van der Waals surface area contributed by atoms with E-state index in [2.05, 4.69) is 48.7 Å². The van der Waals surface area contributed by atoms with Gasteiger partial charge >= 0.3 is 0 Å². The number of benzene rings is 1. The van der Waals surface area contributed by atoms with Gasteiger partial charge in [0.25, 0.3) is 0 Å². The number of ether oxygens (including phenoxy) is 1. The van der Waals surface area contributed by atoms with Crippen LogP contribution in [-0.4, -0.2) is 31.7 Å². The van der Waals surface area contributed by atoms with Gasteiger partial charge in [-0.2, -0.15) is 0 Å². The van der Waals surface area contributed by atoms with Gasteiger partial charge in [-0.05, 0) is 29.4 Å². The van der Waals surface area contributed by atoms with Gasteiger partial charge < -0.3 is 15.4 Å². The third-order valence-corrected chi connectivity index (χ3v) is 4.68. The van der Waals surface area contributed by atoms with Gasteiger partial charge in [-0.3, -0.25) is 4.79 Å². The molecule has 21 heavy (non-hydrogen) atoms. The summed E-state index contributed by atoms with van der Waals surface area (Å²) in [6.45, 7) is 6.45. The van der Waals surface area contributed by atoms with E-state index in [-0.39, 0.29) is 23.4 Å². The number of amides is 1. The van der Waals surface area contributed by atoms with Crippen LogP contribution in [0, 0.1) is 0 Å². The smallest absolute Gasteiger partial charge is 0.240 e. The minimum atomic E-state index is -0.221. The van der Waals surface area contributed by atoms with Crippen molar-refractivity contribution < 1.29 is 9.53 Å². The predicted molar refractivity (Wildman–Crippen MR) is 82.2 cm³/mol. The fourth-order valence-electron chi connectivity index (χ4n) is 3.37. The topological polar surface area (TPSA) is 50.4 Å². The average Bonchev–Trinajstić information content (AvgIpc) is 2.51. The molecule has 0 bridgehead atoms. The molecule has 114 valence electrons. The van der Waals surface area contributed by atoms with Crippen molar-refractivity contribution in [2.45, 2.75) is 44.2 Å². The molecule has 1 fully saturated rings. The van der Waals surface area contributed by atoms with Crippen molar-refractivity contribution in [3.05, 3.63) is 35.4 Å². The van der Waals surface area contributed by atoms with Gasteiger partial charge in [0, 0.05) is 6.54 Å². The number of carbonyl (C=O) groups excluding carboxylic acids is 1. The van der Waals surface area contributed by atoms with Crippen molar-refractivity contribution in [1.29, 1.82) is 0 Å². The van der Waals surface area contributed by atoms with Gasteiger partial charge in [0.2, 0.25) is 5.91 Å². The van der Waals surface area contributed by atoms with Gasteiger partial charge in [0.1, 0.15) is 6.04 Å². The first-order chi connectivity index (χ1) is 10.1. The summed E-state index contributed by atoms with van der Waals surface area (Å²) in [5.74, 6) is 0.0502. The molecule has 2 N–H and O–H groups in total. The molecular formula is C17H24N2O2. The van der Waals surface area contributed by atoms with E-state index in [0.29, 0.717) is 13.2 Å². The predicted octanol–water partition coefficient (Wildman–Crippen LogP) is 1.90. The Kier molecular flexibility index (Phi) is 4.00. The molecule has 1 saturated heterocycles. The molecule has 0 aromatic heterocycles. The number of nitrogens with one attached hydrogen (secondary N) is 2. The van der Waals surface area contributed by atoms with E-state index in [4.69, 9.17) is 4.74 Å². The number of hydrogen-bond donors (Lipinski definition) is 2. The van der Waals surface area contributed by atoms with E-state index in [1.807, 2.05) is 0 Å². The Hall–Kier alpha value is -1.39. The second-order valence-corrected chi connectivity index (χ2v) is 6.65. The molecule has 2 aliphatic rings. The summed E-state index contributed by atoms with van der Waals surface area (Å²) in [4.78, 5) is 12.4. The molecule has 0 radical (unpaired) electrons. The van der Waals surface area contributed by atoms with Crippen LogP contribution >= 0.6 is 0 Å². The molecule has 0 unspecified atom stereocenters. The van der Waals surface area contributed by atoms with Gasteiger partial charge in [0.15, 0.2) is 0 Å². The summed E-state index contributed by atoms with van der Waals surface area (Å²) < 4.78 is 5.37. The van der Waals surface area contributed by atoms with Crippen LogP contribution in [0.25, 0.3) is 0 Å². The van der Waals surface area contributed by atoms with E-state index >= 15 is 0 Å². The monoisotopic (exact) mass is 288 g/mol. The number of morpholine rings is 1. The highest BCUT2D eigenvalue weighted by atomic mass is 16.5. The van der Waals surface area contributed by atoms with Crippen LogP contribution in [0.1, 0.15) is 43.9 Å². The highest BCUT2D eigenvalue weighted by Gasteiger charge is 2.34. The molecule has 1 aliphatic heterocycles. The molecule has 2 atom stereocenters. The Morgan fingerprint density at radius 1 is 1.38 bits per heavy atom. The molecule has 4 nitrogen and oxygen atoms in total. The lowest BCUT2D eigenvalue weighted by molar-refractivity contribution is -0.126. The van der Waals surface area contributed by atoms with Crippen LogP contribution in [0.4, 0.5) is 0 Å². The first kappa shape index (κ1) is 14.5. The zero-order chi connectivity index (χ0) is 14.9. The first-order valence-corrected chi connectivity index (χ1v) is 7.79. The van der Waals surface area contributed by atoms with Crippen LogP contribution in [-0.2, 0) is 14.9 Å². The number of carbonyl (C=O) groups is 1. The van der Waals surface area contributed by atoms with Crippen LogP contribution in [0.15, 0.2) is 24.3 Å². The summed E-state index contributed by atoms with van der Waals surface area (Å²) >= 11 is 0. The zero-order valence-corrected chi connectivity index (χ0v) is 12.8. The van der Waals surface area contributed by atoms with Gasteiger partial charge in [0.05, 0.1) is 19.3 Å². The highest BCUT2D eigenvalue weighted by Crippen LogP contribution is 2.41. The average molecular weight is 288 g/mol. The van der Waals surface area contributed by atoms with Crippen molar-refractivity contribution in [3.63, 3.8) is 0 Å². The largest absolute Gasteiger partial charge is 0.378 e. The molecule has 1 aromatic carbocycles. The molecule has 0 saturated carbocycles. The quantitative estimate of drug-likeness (QED) is 0.874. The van der Waals surface area contributed by atoms with E-state index in [1.54, 1.807) is 0 Å². The summed E-state index contributed by atoms with van der Waals surface area (Å²) in [6, 6.07) is 8.37. The van der Waals surface area contributed by atoms with E-state index in [1.165, 1.54) is 11.1 Å². The lowest BCUT2D eigenvalue weighted by Crippen LogP contribution is -2.52. The second kappa shape index (κ2) is 5.78. The van der Waals surface area contributed by atoms with Gasteiger partial charge in [-0.25, -0.2) is 0 Å². The molecule has 0 spiro atoms. The van der Waals surface area contributed by atoms with Crippen LogP contribution in [0.3, 0.4) is 0 Å². The number of rotatable bonds is 2. The summed E-state index contributed by atoms with van der Waals surface area (Å²) in [5.41, 5.74) is 2.80. The Morgan fingerprint density at radius 2 is 2.19 bits per heavy atom. The number of hydrogen-bond acceptors (Lipinski definition) is 3. The van der Waals surface area contributed by atoms with Gasteiger partial charge in [-0.15, -0.1) is 0 Å². The van der Waals surface area contributed by atoms with E-state index in [9.17, 15) is 4.79 Å². The standard InChI is InChI=1S/C17H24N2O2/c1-17(2)8-7-14(12-5-3-4-6-13(12)17)19-16(20)15-11-21-10-9-18-15/h3-6,14-15,18H,7-11H2,1-2H3,(H,19,20)/t14-,15+/m1/s1. The summed E-state index contributed by atoms with van der Waals surface area (Å²) in [5, 5.41) is 6.41. The fraction of sp³-hybridized carbons (Fsp3) is 0.588. The number of fused-ring (bicyclic) bond motifs is 1. The normalized spacial score (nSPS) is 27.7. The molecule has 4 heteroatoms. The molecule has 1 aliphatic carbocycles. The summed E-state index contributed by atoms with van der Waals surface area (Å²) in [6.07, 6.45) is 2.08. The highest BCUT2D eigenvalue weighted by molar-refractivity contribution is 5.82. The van der Waals surface area contributed by atoms with E-state index in [0.717, 1.165) is 19.4 Å². The summed E-state index contributed by atoms with van der Waals surface area (Å²) in [7, 11) is 0. The Morgan fingerprint density at radius 3 is 2.95 bits per heavy atom. The Labute approximate surface area is 126 Å². The molecule has 1 aromatic rings. The SMILES string of the molecule is CC1(C)CC[C@@H](NC(=O)[C@@H]2COCCN2)c2ccccc21. The minimum Gasteiger partial charge on any atom is -0.378 e. The molecule has 1 amide bonds. The fourth-order valence-corrected chi connectivity index (χ4v) is 3.37.